The van der Waals surface area contributed by atoms with E-state index in [1.165, 1.54) is 12.1 Å². The van der Waals surface area contributed by atoms with Crippen LogP contribution in [-0.2, 0) is 6.18 Å². The van der Waals surface area contributed by atoms with Crippen molar-refractivity contribution in [3.63, 3.8) is 0 Å². The summed E-state index contributed by atoms with van der Waals surface area (Å²) in [7, 11) is 0. The first-order valence-electron chi connectivity index (χ1n) is 4.60. The van der Waals surface area contributed by atoms with Crippen molar-refractivity contribution >= 4 is 17.7 Å². The number of hydrogen-bond acceptors (Lipinski definition) is 1. The Bertz CT molecular complexity index is 397. The Morgan fingerprint density at radius 2 is 1.94 bits per heavy atom. The summed E-state index contributed by atoms with van der Waals surface area (Å²) in [6.07, 6.45) is -1.26. The molecule has 1 unspecified atom stereocenters. The van der Waals surface area contributed by atoms with Crippen LogP contribution in [0.15, 0.2) is 24.3 Å². The predicted octanol–water partition coefficient (Wildman–Crippen LogP) is 3.72. The van der Waals surface area contributed by atoms with Gasteiger partial charge in [0.1, 0.15) is 0 Å². The molecular weight excluding hydrogens is 239 g/mol. The Balaban J connectivity index is 3.09. The molecule has 0 aliphatic rings. The van der Waals surface area contributed by atoms with Crippen LogP contribution in [0.3, 0.4) is 0 Å². The van der Waals surface area contributed by atoms with E-state index in [4.69, 9.17) is 17.3 Å². The van der Waals surface area contributed by atoms with Gasteiger partial charge >= 0.3 is 6.18 Å². The number of benzene rings is 1. The molecule has 0 heterocycles. The molecule has 0 aliphatic heterocycles. The van der Waals surface area contributed by atoms with E-state index in [2.05, 4.69) is 0 Å². The molecule has 1 atom stereocenters. The van der Waals surface area contributed by atoms with Gasteiger partial charge < -0.3 is 5.73 Å². The molecule has 0 amide bonds. The van der Waals surface area contributed by atoms with Gasteiger partial charge in [0, 0.05) is 11.1 Å². The fraction of sp³-hybridized carbons (Fsp3) is 0.273. The van der Waals surface area contributed by atoms with Gasteiger partial charge in [-0.1, -0.05) is 23.8 Å². The minimum atomic E-state index is -4.39. The maximum atomic E-state index is 12.4. The van der Waals surface area contributed by atoms with Gasteiger partial charge in [-0.05, 0) is 30.7 Å². The van der Waals surface area contributed by atoms with Gasteiger partial charge in [-0.2, -0.15) is 13.2 Å². The fourth-order valence-corrected chi connectivity index (χ4v) is 1.38. The monoisotopic (exact) mass is 249 g/mol. The summed E-state index contributed by atoms with van der Waals surface area (Å²) in [5, 5.41) is 0.0548. The maximum absolute atomic E-state index is 12.4. The van der Waals surface area contributed by atoms with Crippen molar-refractivity contribution in [2.75, 3.05) is 0 Å². The fourth-order valence-electron chi connectivity index (χ4n) is 1.14. The largest absolute Gasteiger partial charge is 0.416 e. The Morgan fingerprint density at radius 1 is 1.31 bits per heavy atom. The van der Waals surface area contributed by atoms with Gasteiger partial charge in [-0.25, -0.2) is 0 Å². The van der Waals surface area contributed by atoms with E-state index in [0.29, 0.717) is 5.56 Å². The Labute approximate surface area is 96.7 Å². The first-order valence-corrected chi connectivity index (χ1v) is 4.98. The van der Waals surface area contributed by atoms with Gasteiger partial charge in [0.2, 0.25) is 0 Å². The van der Waals surface area contributed by atoms with E-state index < -0.39 is 11.7 Å². The SMILES string of the molecule is CC(N)/C=C/c1cc(Cl)cc(C(F)(F)F)c1. The molecule has 5 heteroatoms. The Morgan fingerprint density at radius 3 is 2.44 bits per heavy atom. The number of nitrogens with two attached hydrogens (primary N) is 1. The molecule has 2 N–H and O–H groups in total. The molecule has 0 radical (unpaired) electrons. The zero-order valence-corrected chi connectivity index (χ0v) is 9.31. The van der Waals surface area contributed by atoms with Crippen LogP contribution >= 0.6 is 11.6 Å². The molecule has 0 aromatic heterocycles. The average molecular weight is 250 g/mol. The number of alkyl halides is 3. The van der Waals surface area contributed by atoms with Gasteiger partial charge in [-0.3, -0.25) is 0 Å². The first kappa shape index (κ1) is 13.1. The molecule has 0 aliphatic carbocycles. The predicted molar refractivity (Wildman–Crippen MR) is 59.1 cm³/mol. The minimum absolute atomic E-state index is 0.0548. The molecule has 1 aromatic rings. The third-order valence-corrected chi connectivity index (χ3v) is 2.06. The van der Waals surface area contributed by atoms with Gasteiger partial charge in [0.25, 0.3) is 0 Å². The molecule has 0 saturated carbocycles. The second-order valence-corrected chi connectivity index (χ2v) is 3.93. The Kier molecular flexibility index (Phi) is 3.99. The van der Waals surface area contributed by atoms with Crippen molar-refractivity contribution in [2.24, 2.45) is 5.73 Å². The number of hydrogen-bond donors (Lipinski definition) is 1. The van der Waals surface area contributed by atoms with Crippen molar-refractivity contribution in [2.45, 2.75) is 19.1 Å². The number of halogens is 4. The van der Waals surface area contributed by atoms with E-state index in [9.17, 15) is 13.2 Å². The summed E-state index contributed by atoms with van der Waals surface area (Å²) in [6.45, 7) is 1.73. The summed E-state index contributed by atoms with van der Waals surface area (Å²) < 4.78 is 37.3. The molecular formula is C11H11ClF3N. The van der Waals surface area contributed by atoms with Crippen LogP contribution in [0.25, 0.3) is 6.08 Å². The second kappa shape index (κ2) is 4.89. The zero-order chi connectivity index (χ0) is 12.3. The average Bonchev–Trinajstić information content (AvgIpc) is 2.12. The molecule has 0 bridgehead atoms. The molecule has 0 fully saturated rings. The van der Waals surface area contributed by atoms with Crippen molar-refractivity contribution in [3.8, 4) is 0 Å². The van der Waals surface area contributed by atoms with E-state index in [-0.39, 0.29) is 11.1 Å². The van der Waals surface area contributed by atoms with Gasteiger partial charge in [0.05, 0.1) is 5.56 Å². The van der Waals surface area contributed by atoms with Crippen molar-refractivity contribution in [1.29, 1.82) is 0 Å². The summed E-state index contributed by atoms with van der Waals surface area (Å²) in [5.41, 5.74) is 5.09. The standard InChI is InChI=1S/C11H11ClF3N/c1-7(16)2-3-8-4-9(11(13,14)15)6-10(12)5-8/h2-7H,16H2,1H3/b3-2+. The lowest BCUT2D eigenvalue weighted by Crippen LogP contribution is -2.10. The van der Waals surface area contributed by atoms with Gasteiger partial charge in [0.15, 0.2) is 0 Å². The smallest absolute Gasteiger partial charge is 0.325 e. The van der Waals surface area contributed by atoms with Crippen LogP contribution < -0.4 is 5.73 Å². The number of rotatable bonds is 2. The maximum Gasteiger partial charge on any atom is 0.416 e. The lowest BCUT2D eigenvalue weighted by atomic mass is 10.1. The van der Waals surface area contributed by atoms with Crippen molar-refractivity contribution in [1.82, 2.24) is 0 Å². The van der Waals surface area contributed by atoms with Gasteiger partial charge in [-0.15, -0.1) is 0 Å². The molecule has 0 saturated heterocycles. The van der Waals surface area contributed by atoms with Crippen LogP contribution in [0.4, 0.5) is 13.2 Å². The highest BCUT2D eigenvalue weighted by atomic mass is 35.5. The van der Waals surface area contributed by atoms with Crippen LogP contribution in [0.1, 0.15) is 18.1 Å². The minimum Gasteiger partial charge on any atom is -0.325 e. The third kappa shape index (κ3) is 3.87. The highest BCUT2D eigenvalue weighted by molar-refractivity contribution is 6.30. The molecule has 88 valence electrons. The molecule has 0 spiro atoms. The lowest BCUT2D eigenvalue weighted by Gasteiger charge is -2.08. The summed E-state index contributed by atoms with van der Waals surface area (Å²) in [4.78, 5) is 0. The van der Waals surface area contributed by atoms with Crippen LogP contribution in [0.2, 0.25) is 5.02 Å². The van der Waals surface area contributed by atoms with E-state index in [0.717, 1.165) is 12.1 Å². The molecule has 1 rings (SSSR count). The quantitative estimate of drug-likeness (QED) is 0.849. The van der Waals surface area contributed by atoms with Crippen LogP contribution in [0.5, 0.6) is 0 Å². The summed E-state index contributed by atoms with van der Waals surface area (Å²) in [6, 6.07) is 3.17. The Hall–Kier alpha value is -1.00. The molecule has 1 aromatic carbocycles. The lowest BCUT2D eigenvalue weighted by molar-refractivity contribution is -0.137. The van der Waals surface area contributed by atoms with Crippen molar-refractivity contribution < 1.29 is 13.2 Å². The van der Waals surface area contributed by atoms with E-state index in [1.54, 1.807) is 13.0 Å². The zero-order valence-electron chi connectivity index (χ0n) is 8.55. The van der Waals surface area contributed by atoms with Crippen LogP contribution in [0, 0.1) is 0 Å². The normalized spacial score (nSPS) is 14.4. The highest BCUT2D eigenvalue weighted by Gasteiger charge is 2.30. The van der Waals surface area contributed by atoms with Crippen molar-refractivity contribution in [3.05, 3.63) is 40.4 Å². The second-order valence-electron chi connectivity index (χ2n) is 3.49. The topological polar surface area (TPSA) is 26.0 Å². The molecule has 16 heavy (non-hydrogen) atoms. The summed E-state index contributed by atoms with van der Waals surface area (Å²) >= 11 is 5.61. The summed E-state index contributed by atoms with van der Waals surface area (Å²) in [5.74, 6) is 0. The highest BCUT2D eigenvalue weighted by Crippen LogP contribution is 2.32. The van der Waals surface area contributed by atoms with Crippen LogP contribution in [-0.4, -0.2) is 6.04 Å². The molecule has 1 nitrogen and oxygen atoms in total. The van der Waals surface area contributed by atoms with E-state index in [1.807, 2.05) is 0 Å². The van der Waals surface area contributed by atoms with E-state index >= 15 is 0 Å². The third-order valence-electron chi connectivity index (χ3n) is 1.84. The first-order chi connectivity index (χ1) is 7.29.